The zero-order valence-electron chi connectivity index (χ0n) is 13.8. The summed E-state index contributed by atoms with van der Waals surface area (Å²) < 4.78 is 0. The normalized spacial score (nSPS) is 10.1. The molecule has 0 aliphatic rings. The molecule has 0 bridgehead atoms. The molecule has 0 spiro atoms. The van der Waals surface area contributed by atoms with Crippen LogP contribution in [-0.4, -0.2) is 43.3 Å². The molecule has 0 aliphatic carbocycles. The molecule has 1 aromatic carbocycles. The van der Waals surface area contributed by atoms with E-state index in [0.29, 0.717) is 16.1 Å². The molecule has 24 heavy (non-hydrogen) atoms. The number of nitrogens with zero attached hydrogens (tertiary/aromatic N) is 1. The molecular weight excluding hydrogens is 326 g/mol. The Kier molecular flexibility index (Phi) is 5.70. The van der Waals surface area contributed by atoms with E-state index in [1.807, 2.05) is 13.0 Å². The topological polar surface area (TPSA) is 78.5 Å². The molecule has 0 unspecified atom stereocenters. The third-order valence-corrected chi connectivity index (χ3v) is 4.17. The molecule has 6 nitrogen and oxygen atoms in total. The molecule has 7 heteroatoms. The fraction of sp³-hybridized carbons (Fsp3) is 0.235. The van der Waals surface area contributed by atoms with Gasteiger partial charge in [-0.05, 0) is 37.3 Å². The Morgan fingerprint density at radius 2 is 1.88 bits per heavy atom. The number of anilines is 1. The van der Waals surface area contributed by atoms with E-state index in [9.17, 15) is 14.4 Å². The second kappa shape index (κ2) is 7.74. The summed E-state index contributed by atoms with van der Waals surface area (Å²) in [5.41, 5.74) is 0.991. The maximum atomic E-state index is 12.0. The van der Waals surface area contributed by atoms with Gasteiger partial charge in [-0.3, -0.25) is 14.4 Å². The van der Waals surface area contributed by atoms with E-state index >= 15 is 0 Å². The lowest BCUT2D eigenvalue weighted by Gasteiger charge is -2.12. The molecule has 2 aromatic rings. The Morgan fingerprint density at radius 1 is 1.12 bits per heavy atom. The summed E-state index contributed by atoms with van der Waals surface area (Å²) in [6.45, 7) is 1.78. The monoisotopic (exact) mass is 345 g/mol. The number of rotatable bonds is 5. The van der Waals surface area contributed by atoms with Gasteiger partial charge >= 0.3 is 0 Å². The molecule has 0 atom stereocenters. The first-order chi connectivity index (χ1) is 11.4. The molecule has 0 fully saturated rings. The minimum absolute atomic E-state index is 0.137. The van der Waals surface area contributed by atoms with Crippen LogP contribution < -0.4 is 10.6 Å². The van der Waals surface area contributed by atoms with Gasteiger partial charge in [-0.1, -0.05) is 6.07 Å². The highest BCUT2D eigenvalue weighted by atomic mass is 32.1. The van der Waals surface area contributed by atoms with Crippen molar-refractivity contribution in [3.8, 4) is 0 Å². The zero-order chi connectivity index (χ0) is 17.7. The van der Waals surface area contributed by atoms with Crippen LogP contribution in [0.2, 0.25) is 0 Å². The van der Waals surface area contributed by atoms with Gasteiger partial charge in [0.05, 0.1) is 11.4 Å². The predicted molar refractivity (Wildman–Crippen MR) is 94.5 cm³/mol. The Bertz CT molecular complexity index is 768. The smallest absolute Gasteiger partial charge is 0.261 e. The summed E-state index contributed by atoms with van der Waals surface area (Å²) in [5.74, 6) is -0.779. The Balaban J connectivity index is 1.91. The van der Waals surface area contributed by atoms with Gasteiger partial charge in [-0.2, -0.15) is 0 Å². The Labute approximate surface area is 144 Å². The van der Waals surface area contributed by atoms with E-state index in [1.54, 1.807) is 44.4 Å². The second-order valence-electron chi connectivity index (χ2n) is 5.42. The molecule has 3 amide bonds. The number of carbonyl (C=O) groups is 3. The summed E-state index contributed by atoms with van der Waals surface area (Å²) in [7, 11) is 3.32. The maximum Gasteiger partial charge on any atom is 0.261 e. The van der Waals surface area contributed by atoms with Gasteiger partial charge in [-0.15, -0.1) is 11.3 Å². The van der Waals surface area contributed by atoms with Crippen LogP contribution in [0.15, 0.2) is 36.4 Å². The van der Waals surface area contributed by atoms with E-state index in [4.69, 9.17) is 0 Å². The molecule has 0 radical (unpaired) electrons. The standard InChI is InChI=1S/C17H19N3O3S/c1-11-7-8-14(24-11)16(22)18-10-15(21)19-13-6-4-5-12(9-13)17(23)20(2)3/h4-9H,10H2,1-3H3,(H,18,22)(H,19,21). The van der Waals surface area contributed by atoms with Gasteiger partial charge < -0.3 is 15.5 Å². The predicted octanol–water partition coefficient (Wildman–Crippen LogP) is 2.13. The van der Waals surface area contributed by atoms with E-state index in [0.717, 1.165) is 4.88 Å². The van der Waals surface area contributed by atoms with Crippen LogP contribution in [0.3, 0.4) is 0 Å². The first kappa shape index (κ1) is 17.7. The number of carbonyl (C=O) groups excluding carboxylic acids is 3. The highest BCUT2D eigenvalue weighted by molar-refractivity contribution is 7.13. The zero-order valence-corrected chi connectivity index (χ0v) is 14.6. The van der Waals surface area contributed by atoms with E-state index in [2.05, 4.69) is 10.6 Å². The fourth-order valence-electron chi connectivity index (χ4n) is 2.00. The average molecular weight is 345 g/mol. The highest BCUT2D eigenvalue weighted by Gasteiger charge is 2.12. The van der Waals surface area contributed by atoms with Crippen molar-refractivity contribution in [2.45, 2.75) is 6.92 Å². The minimum Gasteiger partial charge on any atom is -0.345 e. The maximum absolute atomic E-state index is 12.0. The minimum atomic E-state index is -0.355. The van der Waals surface area contributed by atoms with Crippen LogP contribution >= 0.6 is 11.3 Å². The third kappa shape index (κ3) is 4.66. The number of hydrogen-bond donors (Lipinski definition) is 2. The van der Waals surface area contributed by atoms with Crippen LogP contribution in [0.1, 0.15) is 24.9 Å². The number of thiophene rings is 1. The van der Waals surface area contributed by atoms with E-state index in [-0.39, 0.29) is 24.3 Å². The summed E-state index contributed by atoms with van der Waals surface area (Å²) in [6, 6.07) is 10.2. The molecule has 1 aromatic heterocycles. The largest absolute Gasteiger partial charge is 0.345 e. The van der Waals surface area contributed by atoms with E-state index < -0.39 is 0 Å². The molecule has 0 saturated carbocycles. The highest BCUT2D eigenvalue weighted by Crippen LogP contribution is 2.14. The van der Waals surface area contributed by atoms with Gasteiger partial charge in [0.15, 0.2) is 0 Å². The van der Waals surface area contributed by atoms with Crippen molar-refractivity contribution in [1.29, 1.82) is 0 Å². The number of hydrogen-bond acceptors (Lipinski definition) is 4. The van der Waals surface area contributed by atoms with Crippen LogP contribution in [0.25, 0.3) is 0 Å². The van der Waals surface area contributed by atoms with Crippen LogP contribution in [0.5, 0.6) is 0 Å². The van der Waals surface area contributed by atoms with E-state index in [1.165, 1.54) is 16.2 Å². The summed E-state index contributed by atoms with van der Waals surface area (Å²) in [5, 5.41) is 5.24. The van der Waals surface area contributed by atoms with Crippen LogP contribution in [0, 0.1) is 6.92 Å². The number of amides is 3. The lowest BCUT2D eigenvalue weighted by molar-refractivity contribution is -0.115. The molecule has 0 aliphatic heterocycles. The van der Waals surface area contributed by atoms with Crippen LogP contribution in [-0.2, 0) is 4.79 Å². The molecule has 2 N–H and O–H groups in total. The van der Waals surface area contributed by atoms with Gasteiger partial charge in [-0.25, -0.2) is 0 Å². The van der Waals surface area contributed by atoms with Crippen LogP contribution in [0.4, 0.5) is 5.69 Å². The number of aryl methyl sites for hydroxylation is 1. The SMILES string of the molecule is Cc1ccc(C(=O)NCC(=O)Nc2cccc(C(=O)N(C)C)c2)s1. The summed E-state index contributed by atoms with van der Waals surface area (Å²) in [6.07, 6.45) is 0. The van der Waals surface area contributed by atoms with Gasteiger partial charge in [0.1, 0.15) is 0 Å². The molecule has 126 valence electrons. The number of nitrogens with one attached hydrogen (secondary N) is 2. The first-order valence-electron chi connectivity index (χ1n) is 7.33. The molecule has 0 saturated heterocycles. The Morgan fingerprint density at radius 3 is 2.50 bits per heavy atom. The third-order valence-electron chi connectivity index (χ3n) is 3.17. The van der Waals surface area contributed by atoms with Crippen molar-refractivity contribution in [3.63, 3.8) is 0 Å². The lowest BCUT2D eigenvalue weighted by Crippen LogP contribution is -2.32. The van der Waals surface area contributed by atoms with Gasteiger partial charge in [0.25, 0.3) is 11.8 Å². The van der Waals surface area contributed by atoms with Gasteiger partial charge in [0.2, 0.25) is 5.91 Å². The van der Waals surface area contributed by atoms with Crippen molar-refractivity contribution >= 4 is 34.7 Å². The fourth-order valence-corrected chi connectivity index (χ4v) is 2.78. The van der Waals surface area contributed by atoms with Crippen molar-refractivity contribution in [1.82, 2.24) is 10.2 Å². The average Bonchev–Trinajstić information content (AvgIpc) is 2.98. The number of benzene rings is 1. The molecular formula is C17H19N3O3S. The van der Waals surface area contributed by atoms with Crippen molar-refractivity contribution < 1.29 is 14.4 Å². The first-order valence-corrected chi connectivity index (χ1v) is 8.14. The molecule has 2 rings (SSSR count). The lowest BCUT2D eigenvalue weighted by atomic mass is 10.2. The van der Waals surface area contributed by atoms with Crippen molar-refractivity contribution in [3.05, 3.63) is 51.7 Å². The quantitative estimate of drug-likeness (QED) is 0.871. The second-order valence-corrected chi connectivity index (χ2v) is 6.71. The Hall–Kier alpha value is -2.67. The summed E-state index contributed by atoms with van der Waals surface area (Å²) in [4.78, 5) is 38.8. The summed E-state index contributed by atoms with van der Waals surface area (Å²) >= 11 is 1.37. The van der Waals surface area contributed by atoms with Crippen molar-refractivity contribution in [2.75, 3.05) is 26.0 Å². The molecule has 1 heterocycles. The van der Waals surface area contributed by atoms with Crippen molar-refractivity contribution in [2.24, 2.45) is 0 Å². The van der Waals surface area contributed by atoms with Gasteiger partial charge in [0, 0.05) is 30.2 Å².